The normalized spacial score (nSPS) is 17.5. The Balaban J connectivity index is 1.39. The maximum Gasteiger partial charge on any atom is 0.252 e. The van der Waals surface area contributed by atoms with Crippen LogP contribution in [0.3, 0.4) is 0 Å². The van der Waals surface area contributed by atoms with Gasteiger partial charge >= 0.3 is 0 Å². The van der Waals surface area contributed by atoms with Crippen molar-refractivity contribution in [3.63, 3.8) is 0 Å². The lowest BCUT2D eigenvalue weighted by molar-refractivity contribution is -0.124. The van der Waals surface area contributed by atoms with Gasteiger partial charge in [-0.05, 0) is 35.9 Å². The van der Waals surface area contributed by atoms with E-state index in [0.29, 0.717) is 60.4 Å². The molecule has 12 heteroatoms. The molecule has 2 aromatic carbocycles. The molecule has 2 aromatic heterocycles. The number of halogens is 1. The third kappa shape index (κ3) is 5.76. The fraction of sp³-hybridized carbons (Fsp3) is 0.333. The number of pyridine rings is 1. The van der Waals surface area contributed by atoms with Crippen LogP contribution in [0.25, 0.3) is 22.0 Å². The van der Waals surface area contributed by atoms with Crippen LogP contribution in [0.5, 0.6) is 5.75 Å². The van der Waals surface area contributed by atoms with E-state index < -0.39 is 6.04 Å². The van der Waals surface area contributed by atoms with E-state index in [-0.39, 0.29) is 24.0 Å². The molecule has 4 heterocycles. The summed E-state index contributed by atoms with van der Waals surface area (Å²) in [5.41, 5.74) is 3.77. The first-order valence-electron chi connectivity index (χ1n) is 13.6. The highest BCUT2D eigenvalue weighted by atomic mass is 35.5. The van der Waals surface area contributed by atoms with Gasteiger partial charge in [0.1, 0.15) is 18.4 Å². The number of carbonyl (C=O) groups excluding carboxylic acids is 1. The molecule has 1 N–H and O–H groups in total. The Kier molecular flexibility index (Phi) is 7.96. The van der Waals surface area contributed by atoms with Crippen molar-refractivity contribution in [2.24, 2.45) is 12.2 Å². The lowest BCUT2D eigenvalue weighted by Crippen LogP contribution is -2.38. The number of aryl methyl sites for hydroxylation is 1. The van der Waals surface area contributed by atoms with E-state index >= 15 is 0 Å². The number of methoxy groups -OCH3 is 1. The van der Waals surface area contributed by atoms with Gasteiger partial charge < -0.3 is 24.4 Å². The van der Waals surface area contributed by atoms with Crippen molar-refractivity contribution in [2.45, 2.75) is 25.0 Å². The molecule has 11 nitrogen and oxygen atoms in total. The van der Waals surface area contributed by atoms with Crippen LogP contribution in [0.2, 0.25) is 5.02 Å². The zero-order valence-corrected chi connectivity index (χ0v) is 24.0. The number of aromatic nitrogens is 3. The molecular weight excluding hydrogens is 562 g/mol. The van der Waals surface area contributed by atoms with Crippen molar-refractivity contribution in [3.8, 4) is 16.9 Å². The Hall–Kier alpha value is -4.19. The number of hydrogen-bond donors (Lipinski definition) is 1. The molecule has 6 rings (SSSR count). The molecule has 0 radical (unpaired) electrons. The number of nitrogens with zero attached hydrogens (tertiary/aromatic N) is 4. The second kappa shape index (κ2) is 12.0. The van der Waals surface area contributed by atoms with Crippen molar-refractivity contribution in [3.05, 3.63) is 75.8 Å². The van der Waals surface area contributed by atoms with Gasteiger partial charge in [-0.15, -0.1) is 0 Å². The molecule has 42 heavy (non-hydrogen) atoms. The number of anilines is 1. The number of nitrogens with one attached hydrogen (secondary N) is 1. The Morgan fingerprint density at radius 3 is 2.76 bits per heavy atom. The molecule has 4 aromatic rings. The summed E-state index contributed by atoms with van der Waals surface area (Å²) < 4.78 is 20.3. The maximum atomic E-state index is 13.8. The zero-order valence-electron chi connectivity index (χ0n) is 23.2. The highest BCUT2D eigenvalue weighted by molar-refractivity contribution is 6.31. The van der Waals surface area contributed by atoms with Gasteiger partial charge in [-0.2, -0.15) is 5.10 Å². The molecule has 218 valence electrons. The number of oxime groups is 1. The van der Waals surface area contributed by atoms with E-state index in [4.69, 9.17) is 30.6 Å². The van der Waals surface area contributed by atoms with Crippen LogP contribution in [-0.2, 0) is 26.2 Å². The van der Waals surface area contributed by atoms with Crippen LogP contribution in [-0.4, -0.2) is 65.6 Å². The smallest absolute Gasteiger partial charge is 0.252 e. The van der Waals surface area contributed by atoms with E-state index in [1.54, 1.807) is 29.1 Å². The summed E-state index contributed by atoms with van der Waals surface area (Å²) in [6, 6.07) is 11.4. The van der Waals surface area contributed by atoms with Crippen LogP contribution >= 0.6 is 11.6 Å². The first kappa shape index (κ1) is 28.0. The summed E-state index contributed by atoms with van der Waals surface area (Å²) in [5.74, 6) is 0.0262. The van der Waals surface area contributed by atoms with Gasteiger partial charge in [0.2, 0.25) is 5.91 Å². The Labute approximate surface area is 246 Å². The van der Waals surface area contributed by atoms with Crippen LogP contribution in [0.15, 0.2) is 64.8 Å². The molecule has 1 saturated heterocycles. The minimum Gasteiger partial charge on any atom is -0.495 e. The number of carbonyl (C=O) groups is 1. The van der Waals surface area contributed by atoms with Crippen LogP contribution in [0, 0.1) is 0 Å². The van der Waals surface area contributed by atoms with Crippen molar-refractivity contribution in [1.82, 2.24) is 14.3 Å². The topological polar surface area (TPSA) is 118 Å². The number of rotatable bonds is 8. The van der Waals surface area contributed by atoms with Crippen molar-refractivity contribution in [1.29, 1.82) is 0 Å². The van der Waals surface area contributed by atoms with E-state index in [0.717, 1.165) is 22.2 Å². The predicted octanol–water partition coefficient (Wildman–Crippen LogP) is 4.17. The quantitative estimate of drug-likeness (QED) is 0.327. The average molecular weight is 592 g/mol. The number of fused-ring (bicyclic) bond motifs is 1. The fourth-order valence-corrected chi connectivity index (χ4v) is 5.52. The molecule has 2 aliphatic heterocycles. The number of amides is 1. The van der Waals surface area contributed by atoms with Crippen molar-refractivity contribution in [2.75, 3.05) is 38.9 Å². The van der Waals surface area contributed by atoms with E-state index in [1.165, 1.54) is 17.7 Å². The largest absolute Gasteiger partial charge is 0.495 e. The van der Waals surface area contributed by atoms with Gasteiger partial charge in [0.05, 0.1) is 50.5 Å². The lowest BCUT2D eigenvalue weighted by Gasteiger charge is -2.28. The third-order valence-corrected chi connectivity index (χ3v) is 7.58. The molecule has 0 spiro atoms. The highest BCUT2D eigenvalue weighted by Crippen LogP contribution is 2.35. The van der Waals surface area contributed by atoms with E-state index in [9.17, 15) is 9.59 Å². The van der Waals surface area contributed by atoms with Crippen molar-refractivity contribution < 1.29 is 23.8 Å². The summed E-state index contributed by atoms with van der Waals surface area (Å²) in [6.45, 7) is 1.71. The van der Waals surface area contributed by atoms with Gasteiger partial charge in [0.15, 0.2) is 0 Å². The summed E-state index contributed by atoms with van der Waals surface area (Å²) in [6.07, 6.45) is 3.92. The molecule has 0 aliphatic carbocycles. The number of ether oxygens (including phenoxy) is 3. The second-order valence-corrected chi connectivity index (χ2v) is 10.6. The zero-order chi connectivity index (χ0) is 29.2. The first-order chi connectivity index (χ1) is 20.4. The maximum absolute atomic E-state index is 13.8. The molecule has 2 atom stereocenters. The third-order valence-electron chi connectivity index (χ3n) is 7.35. The molecule has 1 amide bonds. The lowest BCUT2D eigenvalue weighted by atomic mass is 9.95. The van der Waals surface area contributed by atoms with E-state index in [1.807, 2.05) is 31.4 Å². The van der Waals surface area contributed by atoms with Gasteiger partial charge in [-0.1, -0.05) is 22.8 Å². The molecule has 1 fully saturated rings. The van der Waals surface area contributed by atoms with Crippen LogP contribution < -0.4 is 15.6 Å². The monoisotopic (exact) mass is 591 g/mol. The molecular formula is C30H30ClN5O6. The summed E-state index contributed by atoms with van der Waals surface area (Å²) >= 11 is 6.38. The second-order valence-electron chi connectivity index (χ2n) is 10.2. The Morgan fingerprint density at radius 1 is 1.12 bits per heavy atom. The van der Waals surface area contributed by atoms with Crippen LogP contribution in [0.1, 0.15) is 24.4 Å². The predicted molar refractivity (Wildman–Crippen MR) is 158 cm³/mol. The van der Waals surface area contributed by atoms with E-state index in [2.05, 4.69) is 15.6 Å². The number of hydrogen-bond acceptors (Lipinski definition) is 8. The Morgan fingerprint density at radius 2 is 2.00 bits per heavy atom. The highest BCUT2D eigenvalue weighted by Gasteiger charge is 2.29. The summed E-state index contributed by atoms with van der Waals surface area (Å²) in [7, 11) is 3.36. The minimum absolute atomic E-state index is 0.222. The van der Waals surface area contributed by atoms with Crippen LogP contribution in [0.4, 0.5) is 5.69 Å². The summed E-state index contributed by atoms with van der Waals surface area (Å²) in [5, 5.41) is 12.9. The fourth-order valence-electron chi connectivity index (χ4n) is 5.35. The Bertz CT molecular complexity index is 1730. The van der Waals surface area contributed by atoms with Gasteiger partial charge in [0, 0.05) is 59.4 Å². The number of benzene rings is 2. The molecule has 2 aliphatic rings. The van der Waals surface area contributed by atoms with Gasteiger partial charge in [-0.25, -0.2) is 0 Å². The van der Waals surface area contributed by atoms with Gasteiger partial charge in [-0.3, -0.25) is 18.8 Å². The average Bonchev–Trinajstić information content (AvgIpc) is 3.65. The summed E-state index contributed by atoms with van der Waals surface area (Å²) in [4.78, 5) is 32.8. The van der Waals surface area contributed by atoms with Gasteiger partial charge in [0.25, 0.3) is 5.56 Å². The standard InChI is InChI=1S/C30H30ClN5O6/c1-35-15-18-11-20(4-6-25(18)33-35)32-30(38)27(13-21-17-40-9-10-41-21)36-16-28(39-2)24(14-29(36)37)23-12-19(31)3-5-22(23)26-7-8-42-34-26/h3-6,11-12,14-16,21,27H,7-10,13,17H2,1-2H3,(H,32,38). The molecule has 2 unspecified atom stereocenters. The van der Waals surface area contributed by atoms with Crippen molar-refractivity contribution >= 4 is 39.8 Å². The molecule has 0 saturated carbocycles. The molecule has 0 bridgehead atoms. The first-order valence-corrected chi connectivity index (χ1v) is 14.0. The minimum atomic E-state index is -0.914. The SMILES string of the molecule is COc1cn(C(CC2COCCO2)C(=O)Nc2ccc3nn(C)cc3c2)c(=O)cc1-c1cc(Cl)ccc1C1=NOCC1.